The van der Waals surface area contributed by atoms with E-state index < -0.39 is 23.0 Å². The zero-order chi connectivity index (χ0) is 16.3. The molecule has 1 heterocycles. The van der Waals surface area contributed by atoms with Crippen LogP contribution in [0.15, 0.2) is 28.6 Å². The lowest BCUT2D eigenvalue weighted by Gasteiger charge is -2.08. The molecule has 2 aromatic rings. The van der Waals surface area contributed by atoms with Gasteiger partial charge >= 0.3 is 5.97 Å². The van der Waals surface area contributed by atoms with Crippen molar-refractivity contribution in [1.82, 2.24) is 4.98 Å². The highest BCUT2D eigenvalue weighted by atomic mass is 35.5. The number of rotatable bonds is 4. The lowest BCUT2D eigenvalue weighted by Crippen LogP contribution is -2.14. The van der Waals surface area contributed by atoms with Gasteiger partial charge in [0.15, 0.2) is 5.13 Å². The van der Waals surface area contributed by atoms with E-state index in [9.17, 15) is 18.4 Å². The Morgan fingerprint density at radius 2 is 2.18 bits per heavy atom. The molecule has 0 fully saturated rings. The van der Waals surface area contributed by atoms with Crippen molar-refractivity contribution in [2.75, 3.05) is 5.32 Å². The third-order valence-electron chi connectivity index (χ3n) is 2.31. The van der Waals surface area contributed by atoms with Crippen LogP contribution in [0.4, 0.5) is 5.13 Å². The number of thiazole rings is 1. The number of hydrogen-bond acceptors (Lipinski definition) is 7. The van der Waals surface area contributed by atoms with E-state index in [-0.39, 0.29) is 25.7 Å². The first-order chi connectivity index (χ1) is 10.4. The SMILES string of the molecule is CC(=O)Oc1ccc(Cl)cc1C(=O)Nc1ncc(S(=O)[O-])s1. The maximum absolute atomic E-state index is 12.2. The zero-order valence-corrected chi connectivity index (χ0v) is 13.4. The van der Waals surface area contributed by atoms with Gasteiger partial charge in [0.05, 0.1) is 16.0 Å². The van der Waals surface area contributed by atoms with Gasteiger partial charge in [-0.15, -0.1) is 0 Å². The summed E-state index contributed by atoms with van der Waals surface area (Å²) in [5, 5.41) is 2.79. The molecule has 22 heavy (non-hydrogen) atoms. The van der Waals surface area contributed by atoms with E-state index in [0.717, 1.165) is 17.5 Å². The largest absolute Gasteiger partial charge is 0.768 e. The number of anilines is 1. The molecule has 1 atom stereocenters. The van der Waals surface area contributed by atoms with Crippen LogP contribution in [-0.2, 0) is 15.9 Å². The molecule has 10 heteroatoms. The molecule has 1 N–H and O–H groups in total. The average molecular weight is 360 g/mol. The van der Waals surface area contributed by atoms with Crippen molar-refractivity contribution in [2.45, 2.75) is 11.1 Å². The summed E-state index contributed by atoms with van der Waals surface area (Å²) in [5.41, 5.74) is 0.0303. The number of halogens is 1. The Kier molecular flexibility index (Phi) is 5.24. The van der Waals surface area contributed by atoms with Crippen LogP contribution in [0.5, 0.6) is 5.75 Å². The van der Waals surface area contributed by atoms with Crippen molar-refractivity contribution in [2.24, 2.45) is 0 Å². The van der Waals surface area contributed by atoms with Crippen LogP contribution in [0.3, 0.4) is 0 Å². The molecular formula is C12H8ClN2O5S2-. The second-order valence-electron chi connectivity index (χ2n) is 3.91. The highest BCUT2D eigenvalue weighted by Gasteiger charge is 2.16. The summed E-state index contributed by atoms with van der Waals surface area (Å²) in [6.45, 7) is 1.20. The number of nitrogens with zero attached hydrogens (tertiary/aromatic N) is 1. The predicted molar refractivity (Wildman–Crippen MR) is 80.0 cm³/mol. The fourth-order valence-electron chi connectivity index (χ4n) is 1.48. The molecule has 0 saturated heterocycles. The number of amides is 1. The Morgan fingerprint density at radius 3 is 2.77 bits per heavy atom. The molecule has 1 aromatic heterocycles. The molecule has 7 nitrogen and oxygen atoms in total. The van der Waals surface area contributed by atoms with Crippen molar-refractivity contribution in [3.8, 4) is 5.75 Å². The van der Waals surface area contributed by atoms with Crippen LogP contribution in [0, 0.1) is 0 Å². The van der Waals surface area contributed by atoms with Crippen LogP contribution in [0.2, 0.25) is 5.02 Å². The Labute approximate surface area is 136 Å². The molecular weight excluding hydrogens is 352 g/mol. The number of ether oxygens (including phenoxy) is 1. The van der Waals surface area contributed by atoms with Gasteiger partial charge in [0.25, 0.3) is 5.91 Å². The van der Waals surface area contributed by atoms with E-state index in [1.54, 1.807) is 0 Å². The summed E-state index contributed by atoms with van der Waals surface area (Å²) in [6.07, 6.45) is 1.12. The number of carbonyl (C=O) groups excluding carboxylic acids is 2. The first-order valence-corrected chi connectivity index (χ1v) is 7.98. The summed E-state index contributed by atoms with van der Waals surface area (Å²) in [4.78, 5) is 27.0. The van der Waals surface area contributed by atoms with E-state index in [2.05, 4.69) is 10.3 Å². The molecule has 0 spiro atoms. The van der Waals surface area contributed by atoms with Gasteiger partial charge in [-0.1, -0.05) is 22.9 Å². The average Bonchev–Trinajstić information content (AvgIpc) is 2.89. The Bertz CT molecular complexity index is 762. The van der Waals surface area contributed by atoms with E-state index >= 15 is 0 Å². The molecule has 1 aromatic carbocycles. The topological polar surface area (TPSA) is 108 Å². The van der Waals surface area contributed by atoms with Gasteiger partial charge < -0.3 is 9.29 Å². The van der Waals surface area contributed by atoms with Gasteiger partial charge in [0.2, 0.25) is 0 Å². The molecule has 1 amide bonds. The molecule has 0 bridgehead atoms. The third-order valence-corrected chi connectivity index (χ3v) is 4.34. The number of hydrogen-bond donors (Lipinski definition) is 1. The second-order valence-corrected chi connectivity index (χ2v) is 6.54. The van der Waals surface area contributed by atoms with Crippen molar-refractivity contribution >= 4 is 51.0 Å². The normalized spacial score (nSPS) is 11.8. The lowest BCUT2D eigenvalue weighted by atomic mass is 10.2. The van der Waals surface area contributed by atoms with Crippen LogP contribution in [-0.4, -0.2) is 25.6 Å². The zero-order valence-electron chi connectivity index (χ0n) is 11.0. The van der Waals surface area contributed by atoms with Gasteiger partial charge in [-0.2, -0.15) is 0 Å². The molecule has 116 valence electrons. The number of nitrogens with one attached hydrogen (secondary N) is 1. The van der Waals surface area contributed by atoms with Crippen molar-refractivity contribution in [3.63, 3.8) is 0 Å². The number of esters is 1. The van der Waals surface area contributed by atoms with E-state index in [1.165, 1.54) is 25.1 Å². The predicted octanol–water partition coefficient (Wildman–Crippen LogP) is 2.21. The first kappa shape index (κ1) is 16.6. The minimum atomic E-state index is -2.42. The maximum atomic E-state index is 12.2. The van der Waals surface area contributed by atoms with Crippen molar-refractivity contribution < 1.29 is 23.1 Å². The lowest BCUT2D eigenvalue weighted by molar-refractivity contribution is -0.131. The molecule has 0 aliphatic rings. The van der Waals surface area contributed by atoms with E-state index in [0.29, 0.717) is 0 Å². The quantitative estimate of drug-likeness (QED) is 0.509. The summed E-state index contributed by atoms with van der Waals surface area (Å²) < 4.78 is 26.5. The molecule has 2 rings (SSSR count). The second kappa shape index (κ2) is 6.97. The Morgan fingerprint density at radius 1 is 1.45 bits per heavy atom. The number of benzene rings is 1. The number of carbonyl (C=O) groups is 2. The van der Waals surface area contributed by atoms with Gasteiger partial charge in [0, 0.05) is 11.9 Å². The van der Waals surface area contributed by atoms with Crippen LogP contribution >= 0.6 is 22.9 Å². The highest BCUT2D eigenvalue weighted by molar-refractivity contribution is 7.81. The fourth-order valence-corrected chi connectivity index (χ4v) is 2.85. The van der Waals surface area contributed by atoms with Gasteiger partial charge in [-0.05, 0) is 29.3 Å². The molecule has 1 unspecified atom stereocenters. The van der Waals surface area contributed by atoms with E-state index in [4.69, 9.17) is 16.3 Å². The minimum absolute atomic E-state index is 0.0124. The third kappa shape index (κ3) is 4.10. The Hall–Kier alpha value is -1.81. The van der Waals surface area contributed by atoms with Crippen molar-refractivity contribution in [1.29, 1.82) is 0 Å². The summed E-state index contributed by atoms with van der Waals surface area (Å²) in [6, 6.07) is 4.19. The van der Waals surface area contributed by atoms with Gasteiger partial charge in [-0.25, -0.2) is 4.98 Å². The first-order valence-electron chi connectivity index (χ1n) is 5.71. The summed E-state index contributed by atoms with van der Waals surface area (Å²) >= 11 is 4.20. The van der Waals surface area contributed by atoms with Crippen LogP contribution in [0.1, 0.15) is 17.3 Å². The Balaban J connectivity index is 2.26. The number of aromatic nitrogens is 1. The van der Waals surface area contributed by atoms with Gasteiger partial charge in [-0.3, -0.25) is 19.1 Å². The molecule has 0 saturated carbocycles. The monoisotopic (exact) mass is 359 g/mol. The smallest absolute Gasteiger partial charge is 0.308 e. The molecule has 0 radical (unpaired) electrons. The fraction of sp³-hybridized carbons (Fsp3) is 0.0833. The minimum Gasteiger partial charge on any atom is -0.768 e. The molecule has 0 aliphatic heterocycles. The summed E-state index contributed by atoms with van der Waals surface area (Å²) in [5.74, 6) is -1.18. The van der Waals surface area contributed by atoms with Crippen LogP contribution in [0.25, 0.3) is 0 Å². The van der Waals surface area contributed by atoms with Gasteiger partial charge in [0.1, 0.15) is 5.75 Å². The van der Waals surface area contributed by atoms with E-state index in [1.807, 2.05) is 0 Å². The standard InChI is InChI=1S/C12H9ClN2O5S2/c1-6(16)20-9-3-2-7(13)4-8(9)11(17)15-12-14-5-10(21-12)22(18)19/h2-5H,1H3,(H,18,19)(H,14,15,17)/p-1. The van der Waals surface area contributed by atoms with Crippen molar-refractivity contribution in [3.05, 3.63) is 35.0 Å². The summed E-state index contributed by atoms with van der Waals surface area (Å²) in [7, 11) is 0. The maximum Gasteiger partial charge on any atom is 0.308 e. The highest BCUT2D eigenvalue weighted by Crippen LogP contribution is 2.26. The molecule has 0 aliphatic carbocycles. The van der Waals surface area contributed by atoms with Crippen LogP contribution < -0.4 is 10.1 Å².